The highest BCUT2D eigenvalue weighted by Gasteiger charge is 2.25. The molecule has 68 valence electrons. The summed E-state index contributed by atoms with van der Waals surface area (Å²) in [7, 11) is 1.60. The first kappa shape index (κ1) is 9.83. The minimum absolute atomic E-state index is 0.0538. The van der Waals surface area contributed by atoms with Crippen LogP contribution in [-0.2, 0) is 5.41 Å². The maximum Gasteiger partial charge on any atom is 0.260 e. The van der Waals surface area contributed by atoms with Gasteiger partial charge in [-0.25, -0.2) is 0 Å². The van der Waals surface area contributed by atoms with E-state index < -0.39 is 0 Å². The van der Waals surface area contributed by atoms with E-state index in [-0.39, 0.29) is 5.41 Å². The molecule has 0 spiro atoms. The summed E-state index contributed by atoms with van der Waals surface area (Å²) in [6, 6.07) is 0. The third-order valence-corrected chi connectivity index (χ3v) is 1.91. The van der Waals surface area contributed by atoms with Gasteiger partial charge in [0.2, 0.25) is 0 Å². The molecule has 0 atom stereocenters. The van der Waals surface area contributed by atoms with Gasteiger partial charge >= 0.3 is 0 Å². The predicted molar refractivity (Wildman–Crippen MR) is 54.5 cm³/mol. The number of hydrogen-bond donors (Lipinski definition) is 0. The SMILES string of the molecule is COc1nc(I)oc1C(C)(C)C. The number of nitrogens with zero attached hydrogens (tertiary/aromatic N) is 1. The quantitative estimate of drug-likeness (QED) is 0.742. The molecular formula is C8H12INO2. The van der Waals surface area contributed by atoms with Crippen molar-refractivity contribution in [3.63, 3.8) is 0 Å². The van der Waals surface area contributed by atoms with Crippen LogP contribution in [0.4, 0.5) is 0 Å². The molecule has 0 aliphatic rings. The zero-order valence-corrected chi connectivity index (χ0v) is 9.80. The molecule has 12 heavy (non-hydrogen) atoms. The smallest absolute Gasteiger partial charge is 0.260 e. The first-order valence-electron chi connectivity index (χ1n) is 3.66. The summed E-state index contributed by atoms with van der Waals surface area (Å²) >= 11 is 2.03. The first-order valence-corrected chi connectivity index (χ1v) is 4.74. The van der Waals surface area contributed by atoms with Crippen LogP contribution in [0.25, 0.3) is 0 Å². The highest BCUT2D eigenvalue weighted by Crippen LogP contribution is 2.31. The van der Waals surface area contributed by atoms with E-state index in [4.69, 9.17) is 9.15 Å². The normalized spacial score (nSPS) is 11.8. The molecule has 0 radical (unpaired) electrons. The standard InChI is InChI=1S/C8H12INO2/c1-8(2,3)5-6(11-4)10-7(9)12-5/h1-4H3. The van der Waals surface area contributed by atoms with Crippen LogP contribution < -0.4 is 4.74 Å². The molecule has 0 aliphatic heterocycles. The number of aromatic nitrogens is 1. The van der Waals surface area contributed by atoms with Gasteiger partial charge in [-0.1, -0.05) is 20.8 Å². The lowest BCUT2D eigenvalue weighted by Gasteiger charge is -2.14. The molecule has 0 saturated heterocycles. The summed E-state index contributed by atoms with van der Waals surface area (Å²) in [5.74, 6) is 1.39. The molecule has 1 rings (SSSR count). The van der Waals surface area contributed by atoms with E-state index in [1.807, 2.05) is 22.6 Å². The zero-order chi connectivity index (χ0) is 9.35. The van der Waals surface area contributed by atoms with Gasteiger partial charge in [0.05, 0.1) is 7.11 Å². The average molecular weight is 281 g/mol. The van der Waals surface area contributed by atoms with Crippen molar-refractivity contribution in [3.8, 4) is 5.88 Å². The Bertz CT molecular complexity index is 275. The Labute approximate surface area is 85.6 Å². The van der Waals surface area contributed by atoms with Gasteiger partial charge in [-0.2, -0.15) is 4.98 Å². The van der Waals surface area contributed by atoms with Crippen LogP contribution in [0.5, 0.6) is 5.88 Å². The van der Waals surface area contributed by atoms with E-state index in [1.165, 1.54) is 0 Å². The van der Waals surface area contributed by atoms with Gasteiger partial charge in [0.15, 0.2) is 5.76 Å². The molecule has 0 fully saturated rings. The fourth-order valence-corrected chi connectivity index (χ4v) is 1.33. The molecule has 3 nitrogen and oxygen atoms in total. The first-order chi connectivity index (χ1) is 5.45. The summed E-state index contributed by atoms with van der Waals surface area (Å²) in [6.07, 6.45) is 0. The Morgan fingerprint density at radius 3 is 2.33 bits per heavy atom. The largest absolute Gasteiger partial charge is 0.478 e. The van der Waals surface area contributed by atoms with Gasteiger partial charge in [-0.3, -0.25) is 0 Å². The lowest BCUT2D eigenvalue weighted by Crippen LogP contribution is -2.11. The Morgan fingerprint density at radius 1 is 1.42 bits per heavy atom. The van der Waals surface area contributed by atoms with Crippen LogP contribution in [0, 0.1) is 3.90 Å². The molecule has 0 aromatic carbocycles. The van der Waals surface area contributed by atoms with E-state index in [2.05, 4.69) is 25.8 Å². The van der Waals surface area contributed by atoms with E-state index in [0.29, 0.717) is 9.78 Å². The van der Waals surface area contributed by atoms with Gasteiger partial charge in [0.1, 0.15) is 0 Å². The van der Waals surface area contributed by atoms with Crippen molar-refractivity contribution in [3.05, 3.63) is 9.66 Å². The van der Waals surface area contributed by atoms with Gasteiger partial charge in [0.25, 0.3) is 9.78 Å². The minimum Gasteiger partial charge on any atom is -0.478 e. The van der Waals surface area contributed by atoms with Crippen LogP contribution in [0.15, 0.2) is 4.42 Å². The maximum atomic E-state index is 5.42. The third kappa shape index (κ3) is 1.91. The Balaban J connectivity index is 3.13. The molecule has 1 heterocycles. The molecule has 0 unspecified atom stereocenters. The highest BCUT2D eigenvalue weighted by atomic mass is 127. The van der Waals surface area contributed by atoms with Gasteiger partial charge in [-0.15, -0.1) is 0 Å². The third-order valence-electron chi connectivity index (χ3n) is 1.44. The molecular weight excluding hydrogens is 269 g/mol. The number of rotatable bonds is 1. The predicted octanol–water partition coefficient (Wildman–Crippen LogP) is 2.59. The number of ether oxygens (including phenoxy) is 1. The lowest BCUT2D eigenvalue weighted by atomic mass is 9.94. The minimum atomic E-state index is -0.0538. The van der Waals surface area contributed by atoms with Crippen molar-refractivity contribution >= 4 is 22.6 Å². The van der Waals surface area contributed by atoms with Crippen molar-refractivity contribution in [2.75, 3.05) is 7.11 Å². The molecule has 0 amide bonds. The molecule has 0 saturated carbocycles. The highest BCUT2D eigenvalue weighted by molar-refractivity contribution is 14.1. The average Bonchev–Trinajstić information content (AvgIpc) is 2.29. The summed E-state index contributed by atoms with van der Waals surface area (Å²) in [4.78, 5) is 4.09. The van der Waals surface area contributed by atoms with Crippen LogP contribution in [0.3, 0.4) is 0 Å². The monoisotopic (exact) mass is 281 g/mol. The second kappa shape index (κ2) is 3.24. The lowest BCUT2D eigenvalue weighted by molar-refractivity contribution is 0.345. The summed E-state index contributed by atoms with van der Waals surface area (Å²) in [5, 5.41) is 0. The van der Waals surface area contributed by atoms with Crippen molar-refractivity contribution < 1.29 is 9.15 Å². The van der Waals surface area contributed by atoms with E-state index >= 15 is 0 Å². The number of methoxy groups -OCH3 is 1. The fourth-order valence-electron chi connectivity index (χ4n) is 0.894. The van der Waals surface area contributed by atoms with Crippen molar-refractivity contribution in [1.29, 1.82) is 0 Å². The number of hydrogen-bond acceptors (Lipinski definition) is 3. The van der Waals surface area contributed by atoms with Crippen LogP contribution in [-0.4, -0.2) is 12.1 Å². The molecule has 0 N–H and O–H groups in total. The van der Waals surface area contributed by atoms with Crippen LogP contribution in [0.1, 0.15) is 26.5 Å². The summed E-state index contributed by atoms with van der Waals surface area (Å²) in [5.41, 5.74) is -0.0538. The topological polar surface area (TPSA) is 35.3 Å². The Kier molecular flexibility index (Phi) is 2.65. The summed E-state index contributed by atoms with van der Waals surface area (Å²) < 4.78 is 11.1. The van der Waals surface area contributed by atoms with Gasteiger partial charge < -0.3 is 9.15 Å². The van der Waals surface area contributed by atoms with E-state index in [9.17, 15) is 0 Å². The molecule has 0 bridgehead atoms. The van der Waals surface area contributed by atoms with Crippen LogP contribution >= 0.6 is 22.6 Å². The Hall–Kier alpha value is -0.260. The number of oxazole rings is 1. The fraction of sp³-hybridized carbons (Fsp3) is 0.625. The van der Waals surface area contributed by atoms with Crippen molar-refractivity contribution in [2.24, 2.45) is 0 Å². The second-order valence-electron chi connectivity index (χ2n) is 3.56. The number of halogens is 1. The maximum absolute atomic E-state index is 5.42. The Morgan fingerprint density at radius 2 is 2.00 bits per heavy atom. The van der Waals surface area contributed by atoms with Crippen molar-refractivity contribution in [1.82, 2.24) is 4.98 Å². The molecule has 4 heteroatoms. The van der Waals surface area contributed by atoms with E-state index in [0.717, 1.165) is 5.76 Å². The second-order valence-corrected chi connectivity index (χ2v) is 4.48. The van der Waals surface area contributed by atoms with Crippen LogP contribution in [0.2, 0.25) is 0 Å². The van der Waals surface area contributed by atoms with E-state index in [1.54, 1.807) is 7.11 Å². The summed E-state index contributed by atoms with van der Waals surface area (Å²) in [6.45, 7) is 6.18. The van der Waals surface area contributed by atoms with Crippen molar-refractivity contribution in [2.45, 2.75) is 26.2 Å². The molecule has 0 aliphatic carbocycles. The van der Waals surface area contributed by atoms with Gasteiger partial charge in [0, 0.05) is 28.0 Å². The molecule has 1 aromatic rings. The zero-order valence-electron chi connectivity index (χ0n) is 7.64. The molecule has 1 aromatic heterocycles. The van der Waals surface area contributed by atoms with Gasteiger partial charge in [-0.05, 0) is 0 Å².